The monoisotopic (exact) mass is 1150 g/mol. The third-order valence-corrected chi connectivity index (χ3v) is 14.2. The zero-order valence-corrected chi connectivity index (χ0v) is 47.6. The molecule has 2 atom stereocenters. The smallest absolute Gasteiger partial charge is 0.302 e. The summed E-state index contributed by atoms with van der Waals surface area (Å²) in [6, 6.07) is 13.9. The number of amides is 3. The fourth-order valence-electron chi connectivity index (χ4n) is 9.98. The molecule has 0 saturated carbocycles. The lowest BCUT2D eigenvalue weighted by molar-refractivity contribution is -0.142. The van der Waals surface area contributed by atoms with Crippen molar-refractivity contribution in [3.8, 4) is 11.1 Å². The molecule has 0 unspecified atom stereocenters. The quantitative estimate of drug-likeness (QED) is 0.141. The van der Waals surface area contributed by atoms with Crippen molar-refractivity contribution in [2.45, 2.75) is 72.7 Å². The number of halogens is 1. The van der Waals surface area contributed by atoms with Crippen LogP contribution in [0.15, 0.2) is 93.6 Å². The highest BCUT2D eigenvalue weighted by Gasteiger charge is 2.38. The van der Waals surface area contributed by atoms with Crippen molar-refractivity contribution in [1.29, 1.82) is 0 Å². The third-order valence-electron chi connectivity index (χ3n) is 13.8. The Hall–Kier alpha value is -6.79. The molecule has 0 radical (unpaired) electrons. The van der Waals surface area contributed by atoms with E-state index in [-0.39, 0.29) is 85.6 Å². The van der Waals surface area contributed by atoms with Crippen molar-refractivity contribution >= 4 is 95.4 Å². The van der Waals surface area contributed by atoms with Gasteiger partial charge in [-0.15, -0.1) is 0 Å². The summed E-state index contributed by atoms with van der Waals surface area (Å²) < 4.78 is 22.2. The van der Waals surface area contributed by atoms with Crippen molar-refractivity contribution in [3.63, 3.8) is 0 Å². The number of aromatic nitrogens is 6. The number of anilines is 5. The maximum absolute atomic E-state index is 14.0. The standard InChI is InChI=1S/C37H41N7O6.C17H19BrN4O3.2H2S/c1-22-20-49-13-12-42(22)34(46)24-6-7-32(39-18-24)40-29-14-26(19-41(5)35(29)47)27-8-9-38-33(28(27)21-50-23(2)45)44-11-10-43-30(36(44)48)15-25-16-37(3,4)17-31(25)43;1-11-10-25-6-5-22(11)16(23)12-3-4-15(19-8-12)20-14-7-13(18)9-21(2)17(14)24;;/h6-9,14-15,18-19,22H,10-13,16-17,20-21H2,1-5H3,(H,39,40);3-4,7-9,11H,5-6,10H2,1-2H3,(H,19,20);2*1H2/t22-;11-;;/m00../s1. The molecule has 0 spiro atoms. The summed E-state index contributed by atoms with van der Waals surface area (Å²) in [4.78, 5) is 95.7. The van der Waals surface area contributed by atoms with Gasteiger partial charge in [-0.1, -0.05) is 13.8 Å². The highest BCUT2D eigenvalue weighted by molar-refractivity contribution is 9.10. The lowest BCUT2D eigenvalue weighted by atomic mass is 9.90. The number of carbonyl (C=O) groups excluding carboxylic acids is 4. The van der Waals surface area contributed by atoms with Crippen LogP contribution in [-0.4, -0.2) is 120 Å². The fourth-order valence-corrected chi connectivity index (χ4v) is 10.5. The molecule has 6 aromatic heterocycles. The maximum Gasteiger partial charge on any atom is 0.302 e. The van der Waals surface area contributed by atoms with Gasteiger partial charge < -0.3 is 48.3 Å². The van der Waals surface area contributed by atoms with Crippen LogP contribution >= 0.6 is 42.9 Å². The molecular formula is C54H64BrN11O9S2. The molecule has 2 fully saturated rings. The van der Waals surface area contributed by atoms with Crippen LogP contribution in [0.4, 0.5) is 28.8 Å². The number of nitrogens with zero attached hydrogens (tertiary/aromatic N) is 9. The van der Waals surface area contributed by atoms with Gasteiger partial charge in [-0.3, -0.25) is 33.7 Å². The molecular weight excluding hydrogens is 1090 g/mol. The first-order valence-electron chi connectivity index (χ1n) is 24.8. The molecule has 9 heterocycles. The minimum Gasteiger partial charge on any atom is -0.461 e. The van der Waals surface area contributed by atoms with Crippen LogP contribution < -0.4 is 26.7 Å². The van der Waals surface area contributed by atoms with Crippen molar-refractivity contribution in [1.82, 2.24) is 38.5 Å². The van der Waals surface area contributed by atoms with Crippen molar-refractivity contribution in [2.75, 3.05) is 61.6 Å². The Morgan fingerprint density at radius 3 is 1.87 bits per heavy atom. The molecule has 0 bridgehead atoms. The van der Waals surface area contributed by atoms with Gasteiger partial charge in [0.1, 0.15) is 41.1 Å². The minimum atomic E-state index is -0.470. The van der Waals surface area contributed by atoms with Gasteiger partial charge in [0.25, 0.3) is 28.8 Å². The first-order valence-corrected chi connectivity index (χ1v) is 25.6. The van der Waals surface area contributed by atoms with E-state index in [4.69, 9.17) is 14.2 Å². The van der Waals surface area contributed by atoms with Gasteiger partial charge in [0.15, 0.2) is 0 Å². The summed E-state index contributed by atoms with van der Waals surface area (Å²) >= 11 is 3.36. The van der Waals surface area contributed by atoms with E-state index in [1.54, 1.807) is 89.9 Å². The summed E-state index contributed by atoms with van der Waals surface area (Å²) in [6.07, 6.45) is 9.87. The molecule has 3 aliphatic heterocycles. The van der Waals surface area contributed by atoms with Crippen LogP contribution in [0.2, 0.25) is 0 Å². The van der Waals surface area contributed by atoms with Crippen LogP contribution in [-0.2, 0) is 59.1 Å². The van der Waals surface area contributed by atoms with Crippen LogP contribution in [0, 0.1) is 5.41 Å². The summed E-state index contributed by atoms with van der Waals surface area (Å²) in [5, 5.41) is 6.10. The normalized spacial score (nSPS) is 17.4. The van der Waals surface area contributed by atoms with Gasteiger partial charge in [0, 0.05) is 99.5 Å². The van der Waals surface area contributed by atoms with E-state index in [2.05, 4.69) is 59.9 Å². The van der Waals surface area contributed by atoms with E-state index < -0.39 is 5.97 Å². The highest BCUT2D eigenvalue weighted by Crippen LogP contribution is 2.40. The van der Waals surface area contributed by atoms with Crippen LogP contribution in [0.3, 0.4) is 0 Å². The number of hydrogen-bond donors (Lipinski definition) is 2. The predicted molar refractivity (Wildman–Crippen MR) is 306 cm³/mol. The Bertz CT molecular complexity index is 3310. The van der Waals surface area contributed by atoms with Gasteiger partial charge >= 0.3 is 5.97 Å². The molecule has 0 aromatic carbocycles. The first-order chi connectivity index (χ1) is 35.8. The number of pyridine rings is 5. The van der Waals surface area contributed by atoms with E-state index in [9.17, 15) is 28.8 Å². The predicted octanol–water partition coefficient (Wildman–Crippen LogP) is 6.47. The summed E-state index contributed by atoms with van der Waals surface area (Å²) in [7, 11) is 3.32. The number of nitrogens with one attached hydrogen (secondary N) is 2. The lowest BCUT2D eigenvalue weighted by Crippen LogP contribution is -2.47. The zero-order chi connectivity index (χ0) is 53.3. The molecule has 408 valence electrons. The molecule has 1 aliphatic carbocycles. The summed E-state index contributed by atoms with van der Waals surface area (Å²) in [5.74, 6) is 0.480. The zero-order valence-electron chi connectivity index (χ0n) is 44.0. The maximum atomic E-state index is 14.0. The Morgan fingerprint density at radius 1 is 0.753 bits per heavy atom. The van der Waals surface area contributed by atoms with Crippen molar-refractivity contribution < 1.29 is 33.4 Å². The Kier molecular flexibility index (Phi) is 18.2. The second-order valence-corrected chi connectivity index (χ2v) is 21.0. The van der Waals surface area contributed by atoms with Gasteiger partial charge in [0.2, 0.25) is 0 Å². The Morgan fingerprint density at radius 2 is 1.32 bits per heavy atom. The highest BCUT2D eigenvalue weighted by atomic mass is 79.9. The van der Waals surface area contributed by atoms with E-state index in [1.807, 2.05) is 19.9 Å². The molecule has 10 rings (SSSR count). The summed E-state index contributed by atoms with van der Waals surface area (Å²) in [6.45, 7) is 13.8. The van der Waals surface area contributed by atoms with Gasteiger partial charge in [-0.2, -0.15) is 27.0 Å². The van der Waals surface area contributed by atoms with Gasteiger partial charge in [-0.05, 0) is 108 Å². The second-order valence-electron chi connectivity index (χ2n) is 20.1. The average molecular weight is 1160 g/mol. The molecule has 2 N–H and O–H groups in total. The van der Waals surface area contributed by atoms with E-state index in [1.165, 1.54) is 39.7 Å². The number of aryl methyl sites for hydroxylation is 2. The first kappa shape index (κ1) is 57.9. The molecule has 4 aliphatic rings. The third kappa shape index (κ3) is 12.6. The fraction of sp³-hybridized carbons (Fsp3) is 0.389. The minimum absolute atomic E-state index is 0. The van der Waals surface area contributed by atoms with Gasteiger partial charge in [-0.25, -0.2) is 15.0 Å². The molecule has 6 aromatic rings. The Balaban J connectivity index is 0.000000269. The molecule has 77 heavy (non-hydrogen) atoms. The van der Waals surface area contributed by atoms with Crippen LogP contribution in [0.5, 0.6) is 0 Å². The number of ether oxygens (including phenoxy) is 3. The van der Waals surface area contributed by atoms with Crippen molar-refractivity contribution in [2.24, 2.45) is 19.5 Å². The summed E-state index contributed by atoms with van der Waals surface area (Å²) in [5.41, 5.74) is 6.26. The number of esters is 1. The number of morpholine rings is 2. The van der Waals surface area contributed by atoms with Gasteiger partial charge in [0.05, 0.1) is 49.6 Å². The molecule has 2 saturated heterocycles. The molecule has 3 amide bonds. The van der Waals surface area contributed by atoms with Crippen LogP contribution in [0.1, 0.15) is 82.6 Å². The number of rotatable bonds is 10. The number of carbonyl (C=O) groups is 4. The van der Waals surface area contributed by atoms with Crippen LogP contribution in [0.25, 0.3) is 11.1 Å². The Labute approximate surface area is 468 Å². The lowest BCUT2D eigenvalue weighted by Gasteiger charge is -2.33. The second kappa shape index (κ2) is 24.3. The SMILES string of the molecule is CC(=O)OCc1c(-c2cc(Nc3ccc(C(=O)N4CCOC[C@@H]4C)cn3)c(=O)n(C)c2)ccnc1N1CCn2c(cc3c2CC(C)(C)C3)C1=O.C[C@H]1COCCN1C(=O)c1ccc(Nc2cc(Br)cn(C)c2=O)nc1.S.S. The largest absolute Gasteiger partial charge is 0.461 e. The topological polar surface area (TPSA) is 217 Å². The van der Waals surface area contributed by atoms with E-state index in [0.29, 0.717) is 109 Å². The molecule has 20 nitrogen and oxygen atoms in total. The molecule has 23 heteroatoms. The average Bonchev–Trinajstić information content (AvgIpc) is 3.94. The van der Waals surface area contributed by atoms with Crippen molar-refractivity contribution in [3.05, 3.63) is 138 Å². The number of fused-ring (bicyclic) bond motifs is 3. The van der Waals surface area contributed by atoms with E-state index >= 15 is 0 Å². The van der Waals surface area contributed by atoms with E-state index in [0.717, 1.165) is 17.3 Å². The number of hydrogen-bond acceptors (Lipinski definition) is 14.